The smallest absolute Gasteiger partial charge is 0.188 e. The second-order valence-corrected chi connectivity index (χ2v) is 5.24. The van der Waals surface area contributed by atoms with Crippen molar-refractivity contribution in [2.45, 2.75) is 6.42 Å². The molecule has 0 aliphatic carbocycles. The van der Waals surface area contributed by atoms with Crippen molar-refractivity contribution >= 4 is 42.7 Å². The van der Waals surface area contributed by atoms with Crippen LogP contribution in [0.5, 0.6) is 0 Å². The van der Waals surface area contributed by atoms with Gasteiger partial charge in [-0.1, -0.05) is 11.3 Å². The number of halogens is 1. The number of anilines is 1. The summed E-state index contributed by atoms with van der Waals surface area (Å²) in [5.74, 6) is 0. The van der Waals surface area contributed by atoms with Crippen LogP contribution < -0.4 is 4.90 Å². The second kappa shape index (κ2) is 3.17. The van der Waals surface area contributed by atoms with E-state index in [2.05, 4.69) is 36.9 Å². The minimum Gasteiger partial charge on any atom is -0.348 e. The SMILES string of the molecule is Brc1cnc2nc(N3CCC3)sc2c1. The zero-order chi connectivity index (χ0) is 9.54. The first kappa shape index (κ1) is 8.61. The van der Waals surface area contributed by atoms with Crippen LogP contribution in [0, 0.1) is 0 Å². The first-order valence-corrected chi connectivity index (χ1v) is 6.11. The molecule has 3 heterocycles. The Morgan fingerprint density at radius 1 is 1.43 bits per heavy atom. The lowest BCUT2D eigenvalue weighted by Gasteiger charge is -2.29. The van der Waals surface area contributed by atoms with E-state index in [1.807, 2.05) is 0 Å². The standard InChI is InChI=1S/C9H8BrN3S/c10-6-4-7-8(11-5-6)12-9(14-7)13-2-1-3-13/h4-5H,1-3H2. The predicted octanol–water partition coefficient (Wildman–Crippen LogP) is 2.66. The molecule has 0 bridgehead atoms. The van der Waals surface area contributed by atoms with Gasteiger partial charge in [-0.25, -0.2) is 4.98 Å². The minimum atomic E-state index is 0.861. The van der Waals surface area contributed by atoms with Gasteiger partial charge in [0.2, 0.25) is 0 Å². The summed E-state index contributed by atoms with van der Waals surface area (Å²) in [4.78, 5) is 11.0. The summed E-state index contributed by atoms with van der Waals surface area (Å²) < 4.78 is 2.17. The van der Waals surface area contributed by atoms with Crippen LogP contribution in [0.4, 0.5) is 5.13 Å². The van der Waals surface area contributed by atoms with Gasteiger partial charge < -0.3 is 4.90 Å². The molecule has 1 aliphatic heterocycles. The number of aromatic nitrogens is 2. The Morgan fingerprint density at radius 3 is 3.00 bits per heavy atom. The number of hydrogen-bond donors (Lipinski definition) is 0. The van der Waals surface area contributed by atoms with E-state index in [9.17, 15) is 0 Å². The van der Waals surface area contributed by atoms with Gasteiger partial charge in [-0.2, -0.15) is 4.98 Å². The molecule has 1 aliphatic rings. The molecule has 2 aromatic rings. The topological polar surface area (TPSA) is 29.0 Å². The number of pyridine rings is 1. The monoisotopic (exact) mass is 269 g/mol. The van der Waals surface area contributed by atoms with E-state index in [1.165, 1.54) is 6.42 Å². The molecule has 3 rings (SSSR count). The van der Waals surface area contributed by atoms with Crippen molar-refractivity contribution in [3.63, 3.8) is 0 Å². The molecule has 0 unspecified atom stereocenters. The van der Waals surface area contributed by atoms with Crippen LogP contribution in [-0.4, -0.2) is 23.1 Å². The maximum absolute atomic E-state index is 4.49. The molecule has 0 saturated carbocycles. The van der Waals surface area contributed by atoms with Gasteiger partial charge in [-0.3, -0.25) is 0 Å². The van der Waals surface area contributed by atoms with Crippen LogP contribution in [0.1, 0.15) is 6.42 Å². The molecule has 0 aromatic carbocycles. The molecular weight excluding hydrogens is 262 g/mol. The Morgan fingerprint density at radius 2 is 2.29 bits per heavy atom. The molecule has 1 saturated heterocycles. The molecule has 0 atom stereocenters. The van der Waals surface area contributed by atoms with Crippen LogP contribution in [0.25, 0.3) is 10.3 Å². The molecule has 0 amide bonds. The lowest BCUT2D eigenvalue weighted by atomic mass is 10.2. The lowest BCUT2D eigenvalue weighted by molar-refractivity contribution is 0.616. The minimum absolute atomic E-state index is 0.861. The van der Waals surface area contributed by atoms with Crippen LogP contribution in [0.15, 0.2) is 16.7 Å². The van der Waals surface area contributed by atoms with Gasteiger partial charge in [0.1, 0.15) is 0 Å². The first-order valence-electron chi connectivity index (χ1n) is 4.50. The fourth-order valence-electron chi connectivity index (χ4n) is 1.43. The molecule has 5 heteroatoms. The van der Waals surface area contributed by atoms with E-state index in [1.54, 1.807) is 17.5 Å². The molecule has 72 valence electrons. The fourth-order valence-corrected chi connectivity index (χ4v) is 2.93. The molecular formula is C9H8BrN3S. The maximum Gasteiger partial charge on any atom is 0.188 e. The van der Waals surface area contributed by atoms with E-state index in [4.69, 9.17) is 0 Å². The number of fused-ring (bicyclic) bond motifs is 1. The second-order valence-electron chi connectivity index (χ2n) is 3.31. The van der Waals surface area contributed by atoms with Crippen LogP contribution in [0.3, 0.4) is 0 Å². The third kappa shape index (κ3) is 1.31. The van der Waals surface area contributed by atoms with Crippen molar-refractivity contribution in [2.75, 3.05) is 18.0 Å². The largest absolute Gasteiger partial charge is 0.348 e. The normalized spacial score (nSPS) is 15.9. The van der Waals surface area contributed by atoms with E-state index in [-0.39, 0.29) is 0 Å². The summed E-state index contributed by atoms with van der Waals surface area (Å²) in [5, 5.41) is 1.11. The highest BCUT2D eigenvalue weighted by atomic mass is 79.9. The summed E-state index contributed by atoms with van der Waals surface area (Å²) in [6.45, 7) is 2.28. The zero-order valence-electron chi connectivity index (χ0n) is 7.40. The van der Waals surface area contributed by atoms with Crippen molar-refractivity contribution in [3.05, 3.63) is 16.7 Å². The highest BCUT2D eigenvalue weighted by Gasteiger charge is 2.18. The third-order valence-corrected chi connectivity index (χ3v) is 3.81. The van der Waals surface area contributed by atoms with Gasteiger partial charge in [0.05, 0.1) is 4.70 Å². The molecule has 0 radical (unpaired) electrons. The Bertz CT molecular complexity index is 478. The van der Waals surface area contributed by atoms with Crippen molar-refractivity contribution < 1.29 is 0 Å². The highest BCUT2D eigenvalue weighted by molar-refractivity contribution is 9.10. The molecule has 2 aromatic heterocycles. The average Bonchev–Trinajstić information content (AvgIpc) is 2.43. The molecule has 0 spiro atoms. The van der Waals surface area contributed by atoms with Crippen molar-refractivity contribution in [1.82, 2.24) is 9.97 Å². The number of nitrogens with zero attached hydrogens (tertiary/aromatic N) is 3. The quantitative estimate of drug-likeness (QED) is 0.797. The fraction of sp³-hybridized carbons (Fsp3) is 0.333. The number of rotatable bonds is 1. The predicted molar refractivity (Wildman–Crippen MR) is 61.9 cm³/mol. The molecule has 0 N–H and O–H groups in total. The summed E-state index contributed by atoms with van der Waals surface area (Å²) >= 11 is 5.13. The van der Waals surface area contributed by atoms with Gasteiger partial charge in [-0.05, 0) is 28.4 Å². The van der Waals surface area contributed by atoms with Crippen molar-refractivity contribution in [2.24, 2.45) is 0 Å². The Balaban J connectivity index is 2.10. The molecule has 14 heavy (non-hydrogen) atoms. The lowest BCUT2D eigenvalue weighted by Crippen LogP contribution is -2.36. The number of thiazole rings is 1. The van der Waals surface area contributed by atoms with Gasteiger partial charge in [0, 0.05) is 23.8 Å². The van der Waals surface area contributed by atoms with E-state index < -0.39 is 0 Å². The van der Waals surface area contributed by atoms with Crippen LogP contribution in [0.2, 0.25) is 0 Å². The first-order chi connectivity index (χ1) is 6.83. The molecule has 3 nitrogen and oxygen atoms in total. The zero-order valence-corrected chi connectivity index (χ0v) is 9.81. The highest BCUT2D eigenvalue weighted by Crippen LogP contribution is 2.31. The van der Waals surface area contributed by atoms with Crippen LogP contribution in [-0.2, 0) is 0 Å². The van der Waals surface area contributed by atoms with Gasteiger partial charge in [-0.15, -0.1) is 0 Å². The average molecular weight is 270 g/mol. The molecule has 1 fully saturated rings. The van der Waals surface area contributed by atoms with E-state index >= 15 is 0 Å². The van der Waals surface area contributed by atoms with Crippen molar-refractivity contribution in [3.8, 4) is 0 Å². The Labute approximate surface area is 93.9 Å². The Kier molecular flexibility index (Phi) is 1.95. The van der Waals surface area contributed by atoms with E-state index in [0.717, 1.165) is 33.0 Å². The van der Waals surface area contributed by atoms with Crippen LogP contribution >= 0.6 is 27.3 Å². The van der Waals surface area contributed by atoms with Gasteiger partial charge in [0.15, 0.2) is 10.8 Å². The summed E-state index contributed by atoms with van der Waals surface area (Å²) in [5.41, 5.74) is 0.861. The maximum atomic E-state index is 4.49. The number of hydrogen-bond acceptors (Lipinski definition) is 4. The summed E-state index contributed by atoms with van der Waals surface area (Å²) in [7, 11) is 0. The van der Waals surface area contributed by atoms with E-state index in [0.29, 0.717) is 0 Å². The van der Waals surface area contributed by atoms with Crippen molar-refractivity contribution in [1.29, 1.82) is 0 Å². The third-order valence-electron chi connectivity index (χ3n) is 2.33. The van der Waals surface area contributed by atoms with Gasteiger partial charge in [0.25, 0.3) is 0 Å². The van der Waals surface area contributed by atoms with Gasteiger partial charge >= 0.3 is 0 Å². The Hall–Kier alpha value is -0.680. The summed E-state index contributed by atoms with van der Waals surface area (Å²) in [6.07, 6.45) is 3.08. The summed E-state index contributed by atoms with van der Waals surface area (Å²) in [6, 6.07) is 2.07.